The number of fused-ring (bicyclic) bond motifs is 1. The lowest BCUT2D eigenvalue weighted by molar-refractivity contribution is 0.0687. The van der Waals surface area contributed by atoms with Gasteiger partial charge >= 0.3 is 0 Å². The van der Waals surface area contributed by atoms with Crippen molar-refractivity contribution in [2.75, 3.05) is 13.1 Å². The molecule has 0 bridgehead atoms. The van der Waals surface area contributed by atoms with Crippen LogP contribution in [0.4, 0.5) is 0 Å². The molecular weight excluding hydrogens is 294 g/mol. The van der Waals surface area contributed by atoms with Gasteiger partial charge in [-0.25, -0.2) is 9.97 Å². The standard InChI is InChI=1S/C14H18ClN3OS/c1-9(19)10-2-5-18(6-3-10)8-12-16-13(15)11-4-7-20-14(11)17-12/h4,7,9-10,19H,2-3,5-6,8H2,1H3. The number of piperidine rings is 1. The van der Waals surface area contributed by atoms with Crippen LogP contribution < -0.4 is 0 Å². The third-order valence-corrected chi connectivity index (χ3v) is 5.10. The largest absolute Gasteiger partial charge is 0.393 e. The first-order chi connectivity index (χ1) is 9.63. The molecule has 1 aliphatic rings. The summed E-state index contributed by atoms with van der Waals surface area (Å²) in [7, 11) is 0. The highest BCUT2D eigenvalue weighted by atomic mass is 35.5. The Kier molecular flexibility index (Phi) is 4.21. The van der Waals surface area contributed by atoms with E-state index in [9.17, 15) is 5.11 Å². The zero-order valence-corrected chi connectivity index (χ0v) is 13.0. The summed E-state index contributed by atoms with van der Waals surface area (Å²) in [6.07, 6.45) is 1.87. The van der Waals surface area contributed by atoms with Crippen molar-refractivity contribution in [1.82, 2.24) is 14.9 Å². The number of likely N-dealkylation sites (tertiary alicyclic amines) is 1. The Labute approximate surface area is 127 Å². The Hall–Kier alpha value is -0.750. The third-order valence-electron chi connectivity index (χ3n) is 4.00. The van der Waals surface area contributed by atoms with E-state index in [4.69, 9.17) is 11.6 Å². The molecule has 0 saturated carbocycles. The molecule has 0 aliphatic carbocycles. The number of halogens is 1. The van der Waals surface area contributed by atoms with Gasteiger partial charge in [-0.05, 0) is 50.2 Å². The summed E-state index contributed by atoms with van der Waals surface area (Å²) in [5, 5.41) is 13.1. The maximum Gasteiger partial charge on any atom is 0.145 e. The average Bonchev–Trinajstić information content (AvgIpc) is 2.88. The van der Waals surface area contributed by atoms with Crippen molar-refractivity contribution in [2.24, 2.45) is 5.92 Å². The molecular formula is C14H18ClN3OS. The molecule has 1 fully saturated rings. The first kappa shape index (κ1) is 14.2. The van der Waals surface area contributed by atoms with Gasteiger partial charge in [0.1, 0.15) is 15.8 Å². The van der Waals surface area contributed by atoms with E-state index >= 15 is 0 Å². The molecule has 108 valence electrons. The monoisotopic (exact) mass is 311 g/mol. The van der Waals surface area contributed by atoms with Gasteiger partial charge in [-0.15, -0.1) is 11.3 Å². The Morgan fingerprint density at radius 2 is 2.20 bits per heavy atom. The maximum atomic E-state index is 9.62. The number of hydrogen-bond donors (Lipinski definition) is 1. The molecule has 1 unspecified atom stereocenters. The molecule has 3 heterocycles. The van der Waals surface area contributed by atoms with Crippen molar-refractivity contribution in [1.29, 1.82) is 0 Å². The van der Waals surface area contributed by atoms with Gasteiger partial charge in [0.2, 0.25) is 0 Å². The van der Waals surface area contributed by atoms with Crippen LogP contribution in [0.15, 0.2) is 11.4 Å². The lowest BCUT2D eigenvalue weighted by Gasteiger charge is -2.32. The molecule has 0 spiro atoms. The molecule has 20 heavy (non-hydrogen) atoms. The molecule has 1 saturated heterocycles. The Bertz CT molecular complexity index is 593. The molecule has 0 radical (unpaired) electrons. The van der Waals surface area contributed by atoms with E-state index in [0.29, 0.717) is 11.1 Å². The number of rotatable bonds is 3. The summed E-state index contributed by atoms with van der Waals surface area (Å²) in [6.45, 7) is 4.59. The van der Waals surface area contributed by atoms with Gasteiger partial charge < -0.3 is 5.11 Å². The average molecular weight is 312 g/mol. The zero-order chi connectivity index (χ0) is 14.1. The summed E-state index contributed by atoms with van der Waals surface area (Å²) in [5.41, 5.74) is 0. The molecule has 1 atom stereocenters. The molecule has 1 N–H and O–H groups in total. The van der Waals surface area contributed by atoms with Crippen molar-refractivity contribution < 1.29 is 5.11 Å². The van der Waals surface area contributed by atoms with Gasteiger partial charge in [0, 0.05) is 5.39 Å². The molecule has 2 aromatic rings. The van der Waals surface area contributed by atoms with Crippen molar-refractivity contribution >= 4 is 33.2 Å². The summed E-state index contributed by atoms with van der Waals surface area (Å²) < 4.78 is 0. The number of thiophene rings is 1. The predicted octanol–water partition coefficient (Wildman–Crippen LogP) is 2.94. The minimum Gasteiger partial charge on any atom is -0.393 e. The van der Waals surface area contributed by atoms with Crippen LogP contribution >= 0.6 is 22.9 Å². The summed E-state index contributed by atoms with van der Waals surface area (Å²) in [6, 6.07) is 1.96. The number of nitrogens with zero attached hydrogens (tertiary/aromatic N) is 3. The fourth-order valence-corrected chi connectivity index (χ4v) is 3.81. The quantitative estimate of drug-likeness (QED) is 0.885. The van der Waals surface area contributed by atoms with E-state index < -0.39 is 0 Å². The van der Waals surface area contributed by atoms with Gasteiger partial charge in [0.15, 0.2) is 0 Å². The molecule has 0 aromatic carbocycles. The van der Waals surface area contributed by atoms with Crippen molar-refractivity contribution in [3.8, 4) is 0 Å². The molecule has 3 rings (SSSR count). The molecule has 6 heteroatoms. The minimum absolute atomic E-state index is 0.203. The van der Waals surface area contributed by atoms with Crippen LogP contribution in [0.1, 0.15) is 25.6 Å². The number of aliphatic hydroxyl groups excluding tert-OH is 1. The van der Waals surface area contributed by atoms with E-state index in [2.05, 4.69) is 14.9 Å². The number of aromatic nitrogens is 2. The van der Waals surface area contributed by atoms with Crippen LogP contribution in [0, 0.1) is 5.92 Å². The van der Waals surface area contributed by atoms with E-state index in [1.807, 2.05) is 18.4 Å². The fourth-order valence-electron chi connectivity index (χ4n) is 2.72. The number of hydrogen-bond acceptors (Lipinski definition) is 5. The predicted molar refractivity (Wildman–Crippen MR) is 82.1 cm³/mol. The Morgan fingerprint density at radius 3 is 2.90 bits per heavy atom. The number of aliphatic hydroxyl groups is 1. The Morgan fingerprint density at radius 1 is 1.45 bits per heavy atom. The van der Waals surface area contributed by atoms with Crippen molar-refractivity contribution in [3.63, 3.8) is 0 Å². The first-order valence-electron chi connectivity index (χ1n) is 6.93. The van der Waals surface area contributed by atoms with Gasteiger partial charge in [-0.1, -0.05) is 11.6 Å². The van der Waals surface area contributed by atoms with E-state index in [1.54, 1.807) is 11.3 Å². The van der Waals surface area contributed by atoms with Gasteiger partial charge in [-0.2, -0.15) is 0 Å². The second-order valence-corrected chi connectivity index (χ2v) is 6.68. The first-order valence-corrected chi connectivity index (χ1v) is 8.19. The van der Waals surface area contributed by atoms with Gasteiger partial charge in [-0.3, -0.25) is 4.90 Å². The van der Waals surface area contributed by atoms with Crippen LogP contribution in [-0.2, 0) is 6.54 Å². The van der Waals surface area contributed by atoms with Crippen LogP contribution in [0.3, 0.4) is 0 Å². The van der Waals surface area contributed by atoms with Gasteiger partial charge in [0.25, 0.3) is 0 Å². The zero-order valence-electron chi connectivity index (χ0n) is 11.4. The lowest BCUT2D eigenvalue weighted by Crippen LogP contribution is -2.36. The molecule has 2 aromatic heterocycles. The lowest BCUT2D eigenvalue weighted by atomic mass is 9.92. The van der Waals surface area contributed by atoms with Crippen LogP contribution in [0.5, 0.6) is 0 Å². The molecule has 4 nitrogen and oxygen atoms in total. The highest BCUT2D eigenvalue weighted by Crippen LogP contribution is 2.26. The second-order valence-electron chi connectivity index (χ2n) is 5.42. The van der Waals surface area contributed by atoms with Crippen LogP contribution in [0.25, 0.3) is 10.2 Å². The fraction of sp³-hybridized carbons (Fsp3) is 0.571. The SMILES string of the molecule is CC(O)C1CCN(Cc2nc(Cl)c3ccsc3n2)CC1. The smallest absolute Gasteiger partial charge is 0.145 e. The van der Waals surface area contributed by atoms with Crippen LogP contribution in [0.2, 0.25) is 5.15 Å². The highest BCUT2D eigenvalue weighted by Gasteiger charge is 2.23. The highest BCUT2D eigenvalue weighted by molar-refractivity contribution is 7.16. The Balaban J connectivity index is 1.68. The topological polar surface area (TPSA) is 49.2 Å². The van der Waals surface area contributed by atoms with Gasteiger partial charge in [0.05, 0.1) is 12.6 Å². The summed E-state index contributed by atoms with van der Waals surface area (Å²) in [5.74, 6) is 1.22. The van der Waals surface area contributed by atoms with Crippen LogP contribution in [-0.4, -0.2) is 39.2 Å². The van der Waals surface area contributed by atoms with E-state index in [-0.39, 0.29) is 6.10 Å². The van der Waals surface area contributed by atoms with E-state index in [1.165, 1.54) is 0 Å². The molecule has 1 aliphatic heterocycles. The van der Waals surface area contributed by atoms with Crippen molar-refractivity contribution in [3.05, 3.63) is 22.4 Å². The van der Waals surface area contributed by atoms with E-state index in [0.717, 1.165) is 48.5 Å². The normalized spacial score (nSPS) is 19.6. The minimum atomic E-state index is -0.203. The molecule has 0 amide bonds. The third kappa shape index (κ3) is 2.96. The summed E-state index contributed by atoms with van der Waals surface area (Å²) >= 11 is 7.78. The second kappa shape index (κ2) is 5.93. The maximum absolute atomic E-state index is 9.62. The van der Waals surface area contributed by atoms with Crippen molar-refractivity contribution in [2.45, 2.75) is 32.4 Å². The summed E-state index contributed by atoms with van der Waals surface area (Å²) in [4.78, 5) is 12.3.